The molecule has 0 atom stereocenters. The van der Waals surface area contributed by atoms with Gasteiger partial charge < -0.3 is 10.1 Å². The van der Waals surface area contributed by atoms with Crippen LogP contribution >= 0.6 is 11.6 Å². The summed E-state index contributed by atoms with van der Waals surface area (Å²) in [5, 5.41) is 3.27. The van der Waals surface area contributed by atoms with E-state index in [1.54, 1.807) is 6.07 Å². The highest BCUT2D eigenvalue weighted by Crippen LogP contribution is 2.19. The lowest BCUT2D eigenvalue weighted by Crippen LogP contribution is -2.00. The summed E-state index contributed by atoms with van der Waals surface area (Å²) in [6.07, 6.45) is 0. The van der Waals surface area contributed by atoms with Crippen molar-refractivity contribution < 1.29 is 9.13 Å². The number of ether oxygens (including phenoxy) is 1. The Bertz CT molecular complexity index is 542. The maximum Gasteiger partial charge on any atom is 0.143 e. The predicted molar refractivity (Wildman–Crippen MR) is 76.3 cm³/mol. The molecule has 0 saturated carbocycles. The van der Waals surface area contributed by atoms with Gasteiger partial charge in [-0.3, -0.25) is 0 Å². The highest BCUT2D eigenvalue weighted by molar-refractivity contribution is 6.30. The molecule has 1 N–H and O–H groups in total. The first kappa shape index (κ1) is 13.7. The van der Waals surface area contributed by atoms with Gasteiger partial charge in [-0.2, -0.15) is 0 Å². The summed E-state index contributed by atoms with van der Waals surface area (Å²) < 4.78 is 18.6. The number of rotatable bonds is 5. The molecule has 0 bridgehead atoms. The lowest BCUT2D eigenvalue weighted by atomic mass is 10.2. The van der Waals surface area contributed by atoms with Crippen LogP contribution in [0.3, 0.4) is 0 Å². The van der Waals surface area contributed by atoms with Gasteiger partial charge in [-0.15, -0.1) is 0 Å². The van der Waals surface area contributed by atoms with Gasteiger partial charge in [0.05, 0.1) is 11.6 Å². The zero-order valence-corrected chi connectivity index (χ0v) is 11.4. The van der Waals surface area contributed by atoms with Gasteiger partial charge in [-0.25, -0.2) is 4.39 Å². The zero-order chi connectivity index (χ0) is 13.7. The molecule has 0 amide bonds. The summed E-state index contributed by atoms with van der Waals surface area (Å²) in [7, 11) is 0. The molecule has 2 nitrogen and oxygen atoms in total. The minimum atomic E-state index is -0.418. The molecule has 0 spiro atoms. The van der Waals surface area contributed by atoms with Gasteiger partial charge in [-0.05, 0) is 42.8 Å². The van der Waals surface area contributed by atoms with E-state index in [1.165, 1.54) is 12.1 Å². The molecule has 0 radical (unpaired) electrons. The van der Waals surface area contributed by atoms with Crippen LogP contribution in [0.2, 0.25) is 5.02 Å². The highest BCUT2D eigenvalue weighted by atomic mass is 35.5. The van der Waals surface area contributed by atoms with Gasteiger partial charge in [0.1, 0.15) is 11.6 Å². The maximum atomic E-state index is 13.3. The topological polar surface area (TPSA) is 21.3 Å². The average molecular weight is 280 g/mol. The highest BCUT2D eigenvalue weighted by Gasteiger charge is 2.01. The van der Waals surface area contributed by atoms with Crippen LogP contribution in [0.4, 0.5) is 10.1 Å². The number of hydrogen-bond acceptors (Lipinski definition) is 2. The van der Waals surface area contributed by atoms with E-state index in [-0.39, 0.29) is 5.02 Å². The van der Waals surface area contributed by atoms with Crippen LogP contribution in [0.25, 0.3) is 0 Å². The summed E-state index contributed by atoms with van der Waals surface area (Å²) in [6.45, 7) is 3.22. The summed E-state index contributed by atoms with van der Waals surface area (Å²) in [6, 6.07) is 12.5. The number of anilines is 1. The molecule has 0 aromatic heterocycles. The van der Waals surface area contributed by atoms with Crippen LogP contribution in [0, 0.1) is 5.82 Å². The Morgan fingerprint density at radius 2 is 1.89 bits per heavy atom. The van der Waals surface area contributed by atoms with Crippen molar-refractivity contribution in [1.29, 1.82) is 0 Å². The Morgan fingerprint density at radius 1 is 1.16 bits per heavy atom. The normalized spacial score (nSPS) is 10.3. The second kappa shape index (κ2) is 6.43. The van der Waals surface area contributed by atoms with Crippen molar-refractivity contribution in [2.24, 2.45) is 0 Å². The van der Waals surface area contributed by atoms with Crippen molar-refractivity contribution in [1.82, 2.24) is 0 Å². The molecule has 2 rings (SSSR count). The maximum absolute atomic E-state index is 13.3. The summed E-state index contributed by atoms with van der Waals surface area (Å²) in [5.74, 6) is 0.433. The molecule has 0 unspecified atom stereocenters. The third-order valence-electron chi connectivity index (χ3n) is 2.65. The second-order valence-corrected chi connectivity index (χ2v) is 4.47. The third-order valence-corrected chi connectivity index (χ3v) is 2.96. The van der Waals surface area contributed by atoms with E-state index in [0.717, 1.165) is 11.3 Å². The molecule has 0 heterocycles. The fourth-order valence-corrected chi connectivity index (χ4v) is 1.80. The van der Waals surface area contributed by atoms with Crippen molar-refractivity contribution in [3.8, 4) is 5.75 Å². The molecule has 2 aromatic rings. The number of halogens is 2. The van der Waals surface area contributed by atoms with Crippen LogP contribution in [0.15, 0.2) is 42.5 Å². The molecule has 0 aliphatic heterocycles. The fourth-order valence-electron chi connectivity index (χ4n) is 1.68. The van der Waals surface area contributed by atoms with E-state index in [9.17, 15) is 4.39 Å². The quantitative estimate of drug-likeness (QED) is 0.871. The Balaban J connectivity index is 1.96. The Kier molecular flexibility index (Phi) is 4.63. The van der Waals surface area contributed by atoms with Gasteiger partial charge in [0.15, 0.2) is 0 Å². The lowest BCUT2D eigenvalue weighted by molar-refractivity contribution is 0.340. The number of hydrogen-bond donors (Lipinski definition) is 1. The fraction of sp³-hybridized carbons (Fsp3) is 0.200. The first-order chi connectivity index (χ1) is 9.19. The molecule has 2 aromatic carbocycles. The predicted octanol–water partition coefficient (Wildman–Crippen LogP) is 4.49. The summed E-state index contributed by atoms with van der Waals surface area (Å²) in [5.41, 5.74) is 1.80. The van der Waals surface area contributed by atoms with Gasteiger partial charge in [0, 0.05) is 12.2 Å². The van der Waals surface area contributed by atoms with Gasteiger partial charge >= 0.3 is 0 Å². The molecule has 0 aliphatic rings. The Morgan fingerprint density at radius 3 is 2.53 bits per heavy atom. The van der Waals surface area contributed by atoms with Crippen LogP contribution in [-0.4, -0.2) is 6.61 Å². The van der Waals surface area contributed by atoms with E-state index >= 15 is 0 Å². The van der Waals surface area contributed by atoms with Crippen molar-refractivity contribution in [3.05, 3.63) is 58.9 Å². The number of nitrogens with one attached hydrogen (secondary N) is 1. The Hall–Kier alpha value is -1.74. The molecular weight excluding hydrogens is 265 g/mol. The second-order valence-electron chi connectivity index (χ2n) is 4.06. The molecule has 0 aliphatic carbocycles. The molecule has 4 heteroatoms. The van der Waals surface area contributed by atoms with Crippen molar-refractivity contribution in [3.63, 3.8) is 0 Å². The minimum absolute atomic E-state index is 0.131. The third kappa shape index (κ3) is 3.86. The Labute approximate surface area is 117 Å². The lowest BCUT2D eigenvalue weighted by Gasteiger charge is -2.08. The number of benzene rings is 2. The largest absolute Gasteiger partial charge is 0.494 e. The van der Waals surface area contributed by atoms with E-state index < -0.39 is 5.82 Å². The molecule has 19 heavy (non-hydrogen) atoms. The van der Waals surface area contributed by atoms with Crippen molar-refractivity contribution in [2.45, 2.75) is 13.5 Å². The summed E-state index contributed by atoms with van der Waals surface area (Å²) in [4.78, 5) is 0. The summed E-state index contributed by atoms with van der Waals surface area (Å²) >= 11 is 5.63. The van der Waals surface area contributed by atoms with Crippen molar-refractivity contribution in [2.75, 3.05) is 11.9 Å². The van der Waals surface area contributed by atoms with Crippen LogP contribution in [0.5, 0.6) is 5.75 Å². The van der Waals surface area contributed by atoms with Gasteiger partial charge in [0.2, 0.25) is 0 Å². The molecule has 100 valence electrons. The van der Waals surface area contributed by atoms with Crippen LogP contribution in [-0.2, 0) is 6.54 Å². The van der Waals surface area contributed by atoms with Gasteiger partial charge in [0.25, 0.3) is 0 Å². The first-order valence-electron chi connectivity index (χ1n) is 6.09. The zero-order valence-electron chi connectivity index (χ0n) is 10.6. The van der Waals surface area contributed by atoms with Crippen molar-refractivity contribution >= 4 is 17.3 Å². The van der Waals surface area contributed by atoms with E-state index in [1.807, 2.05) is 31.2 Å². The average Bonchev–Trinajstić information content (AvgIpc) is 2.42. The van der Waals surface area contributed by atoms with E-state index in [0.29, 0.717) is 18.8 Å². The van der Waals surface area contributed by atoms with E-state index in [4.69, 9.17) is 16.3 Å². The molecule has 0 saturated heterocycles. The van der Waals surface area contributed by atoms with E-state index in [2.05, 4.69) is 5.32 Å². The van der Waals surface area contributed by atoms with Crippen LogP contribution in [0.1, 0.15) is 12.5 Å². The van der Waals surface area contributed by atoms with Crippen LogP contribution < -0.4 is 10.1 Å². The molecule has 0 fully saturated rings. The SMILES string of the molecule is CCOc1ccc(CNc2ccc(Cl)c(F)c2)cc1. The monoisotopic (exact) mass is 279 g/mol. The first-order valence-corrected chi connectivity index (χ1v) is 6.47. The molecular formula is C15H15ClFNO. The van der Waals surface area contributed by atoms with Gasteiger partial charge in [-0.1, -0.05) is 23.7 Å². The smallest absolute Gasteiger partial charge is 0.143 e. The standard InChI is InChI=1S/C15H15ClFNO/c1-2-19-13-6-3-11(4-7-13)10-18-12-5-8-14(16)15(17)9-12/h3-9,18H,2,10H2,1H3. The minimum Gasteiger partial charge on any atom is -0.494 e.